The van der Waals surface area contributed by atoms with Crippen molar-refractivity contribution in [2.24, 2.45) is 5.41 Å². The summed E-state index contributed by atoms with van der Waals surface area (Å²) in [7, 11) is 0. The van der Waals surface area contributed by atoms with Gasteiger partial charge in [-0.3, -0.25) is 0 Å². The molecule has 77 heavy (non-hydrogen) atoms. The predicted molar refractivity (Wildman–Crippen MR) is 333 cm³/mol. The highest BCUT2D eigenvalue weighted by Gasteiger charge is 2.64. The van der Waals surface area contributed by atoms with E-state index < -0.39 is 0 Å². The lowest BCUT2D eigenvalue weighted by atomic mass is 9.33. The minimum Gasteiger partial charge on any atom is -0.334 e. The van der Waals surface area contributed by atoms with Crippen LogP contribution in [0, 0.1) is 5.41 Å². The molecule has 12 rings (SSSR count). The summed E-state index contributed by atoms with van der Waals surface area (Å²) in [5.74, 6) is 0. The van der Waals surface area contributed by atoms with Crippen molar-refractivity contribution < 1.29 is 0 Å². The Morgan fingerprint density at radius 1 is 0.377 bits per heavy atom. The SMILES string of the molecule is CC1(C)CC2(C)c3cc(C(C)(C)C)ccc3N(c3ccc4c(c3)N(c3ccc(C(C)(C)C)cc3)c3cc(C(C)(C)C)cc5c3B4c3cc(-c4ccccc4)ccc3N5c3ccc(C(C)(C)C)cc3-c3ccccc3)C2(C)C1. The summed E-state index contributed by atoms with van der Waals surface area (Å²) >= 11 is 0. The van der Waals surface area contributed by atoms with Crippen LogP contribution >= 0.6 is 0 Å². The van der Waals surface area contributed by atoms with E-state index in [-0.39, 0.29) is 44.7 Å². The van der Waals surface area contributed by atoms with Crippen LogP contribution in [0.4, 0.5) is 45.5 Å². The van der Waals surface area contributed by atoms with Crippen molar-refractivity contribution in [3.63, 3.8) is 0 Å². The zero-order valence-electron chi connectivity index (χ0n) is 49.0. The highest BCUT2D eigenvalue weighted by atomic mass is 15.3. The highest BCUT2D eigenvalue weighted by Crippen LogP contribution is 2.67. The molecule has 3 aliphatic heterocycles. The van der Waals surface area contributed by atoms with E-state index in [1.807, 2.05) is 0 Å². The third-order valence-electron chi connectivity index (χ3n) is 18.5. The first-order chi connectivity index (χ1) is 36.2. The lowest BCUT2D eigenvalue weighted by molar-refractivity contribution is 0.330. The molecule has 1 aliphatic carbocycles. The average Bonchev–Trinajstić information content (AvgIpc) is 3.69. The normalized spacial score (nSPS) is 19.4. The van der Waals surface area contributed by atoms with E-state index in [0.717, 1.165) is 12.8 Å². The maximum Gasteiger partial charge on any atom is 0.252 e. The van der Waals surface area contributed by atoms with Crippen molar-refractivity contribution in [1.82, 2.24) is 0 Å². The summed E-state index contributed by atoms with van der Waals surface area (Å²) in [6, 6.07) is 66.3. The van der Waals surface area contributed by atoms with Gasteiger partial charge in [-0.25, -0.2) is 0 Å². The van der Waals surface area contributed by atoms with E-state index in [4.69, 9.17) is 0 Å². The first kappa shape index (κ1) is 51.0. The standard InChI is InChI=1S/C73H80BN3/c1-67(2,3)50-28-32-54(33-29-50)75-63-44-55(77-61-38-31-52(69(7,8)9)41-57(61)72(15)45-71(13,14)46-73(72,77)16)34-35-58(63)74-59-39-49(47-23-19-17-20-24-47)27-36-62(59)76(65-43-53(70(10,11)12)42-64(75)66(65)74)60-37-30-51(68(4,5)6)40-56(60)48-25-21-18-22-26-48/h17-44H,45-46H2,1-16H3. The summed E-state index contributed by atoms with van der Waals surface area (Å²) in [6.07, 6.45) is 2.24. The predicted octanol–water partition coefficient (Wildman–Crippen LogP) is 18.3. The van der Waals surface area contributed by atoms with E-state index >= 15 is 0 Å². The zero-order valence-corrected chi connectivity index (χ0v) is 49.0. The number of anilines is 8. The number of hydrogen-bond donors (Lipinski definition) is 0. The van der Waals surface area contributed by atoms with E-state index in [9.17, 15) is 0 Å². The minimum absolute atomic E-state index is 0.00867. The molecule has 390 valence electrons. The Labute approximate surface area is 462 Å². The lowest BCUT2D eigenvalue weighted by Crippen LogP contribution is -2.61. The second kappa shape index (κ2) is 17.1. The first-order valence-electron chi connectivity index (χ1n) is 28.5. The van der Waals surface area contributed by atoms with E-state index in [1.54, 1.807) is 0 Å². The molecule has 4 aliphatic rings. The molecule has 0 amide bonds. The van der Waals surface area contributed by atoms with Gasteiger partial charge in [0.15, 0.2) is 0 Å². The first-order valence-corrected chi connectivity index (χ1v) is 28.5. The van der Waals surface area contributed by atoms with Gasteiger partial charge in [0.2, 0.25) is 0 Å². The monoisotopic (exact) mass is 1010 g/mol. The lowest BCUT2D eigenvalue weighted by Gasteiger charge is -2.46. The van der Waals surface area contributed by atoms with Gasteiger partial charge in [0.25, 0.3) is 6.71 Å². The van der Waals surface area contributed by atoms with Crippen molar-refractivity contribution in [2.45, 2.75) is 156 Å². The maximum absolute atomic E-state index is 2.79. The molecule has 3 heterocycles. The largest absolute Gasteiger partial charge is 0.334 e. The molecule has 4 heteroatoms. The second-order valence-electron chi connectivity index (χ2n) is 28.8. The number of benzene rings is 8. The van der Waals surface area contributed by atoms with Crippen LogP contribution < -0.4 is 31.1 Å². The molecule has 0 spiro atoms. The van der Waals surface area contributed by atoms with Crippen LogP contribution in [0.5, 0.6) is 0 Å². The minimum atomic E-state index is -0.161. The molecule has 1 saturated carbocycles. The topological polar surface area (TPSA) is 9.72 Å². The fourth-order valence-corrected chi connectivity index (χ4v) is 14.4. The second-order valence-corrected chi connectivity index (χ2v) is 28.8. The molecule has 0 radical (unpaired) electrons. The summed E-state index contributed by atoms with van der Waals surface area (Å²) in [6.45, 7) is 38.3. The van der Waals surface area contributed by atoms with Gasteiger partial charge in [-0.1, -0.05) is 213 Å². The van der Waals surface area contributed by atoms with E-state index in [1.165, 1.54) is 112 Å². The average molecular weight is 1010 g/mol. The third-order valence-corrected chi connectivity index (χ3v) is 18.5. The van der Waals surface area contributed by atoms with Gasteiger partial charge in [-0.15, -0.1) is 0 Å². The number of fused-ring (bicyclic) bond motifs is 7. The maximum atomic E-state index is 2.79. The van der Waals surface area contributed by atoms with Gasteiger partial charge in [0.1, 0.15) is 0 Å². The van der Waals surface area contributed by atoms with Crippen molar-refractivity contribution in [1.29, 1.82) is 0 Å². The van der Waals surface area contributed by atoms with Crippen LogP contribution in [-0.4, -0.2) is 12.3 Å². The Bertz CT molecular complexity index is 3630. The number of nitrogens with zero attached hydrogens (tertiary/aromatic N) is 3. The van der Waals surface area contributed by atoms with Crippen molar-refractivity contribution >= 4 is 68.6 Å². The van der Waals surface area contributed by atoms with Gasteiger partial charge in [0.05, 0.1) is 11.2 Å². The Balaban J connectivity index is 1.18. The Morgan fingerprint density at radius 3 is 1.52 bits per heavy atom. The van der Waals surface area contributed by atoms with Crippen molar-refractivity contribution in [3.8, 4) is 22.3 Å². The van der Waals surface area contributed by atoms with Crippen LogP contribution in [0.2, 0.25) is 0 Å². The summed E-state index contributed by atoms with van der Waals surface area (Å²) in [4.78, 5) is 8.08. The van der Waals surface area contributed by atoms with E-state index in [2.05, 4.69) is 295 Å². The van der Waals surface area contributed by atoms with Gasteiger partial charge in [-0.05, 0) is 168 Å². The molecule has 0 N–H and O–H groups in total. The molecular weight excluding hydrogens is 930 g/mol. The molecule has 2 unspecified atom stereocenters. The van der Waals surface area contributed by atoms with Crippen LogP contribution in [0.1, 0.15) is 151 Å². The van der Waals surface area contributed by atoms with Crippen molar-refractivity contribution in [2.75, 3.05) is 14.7 Å². The van der Waals surface area contributed by atoms with Crippen LogP contribution in [0.25, 0.3) is 22.3 Å². The quantitative estimate of drug-likeness (QED) is 0.159. The molecule has 2 atom stereocenters. The number of hydrogen-bond acceptors (Lipinski definition) is 3. The fraction of sp³-hybridized carbons (Fsp3) is 0.342. The Kier molecular flexibility index (Phi) is 11.3. The van der Waals surface area contributed by atoms with Gasteiger partial charge in [-0.2, -0.15) is 0 Å². The van der Waals surface area contributed by atoms with Crippen molar-refractivity contribution in [3.05, 3.63) is 198 Å². The molecule has 8 aromatic rings. The van der Waals surface area contributed by atoms with Gasteiger partial charge >= 0.3 is 0 Å². The summed E-state index contributed by atoms with van der Waals surface area (Å²) in [5, 5.41) is 0. The highest BCUT2D eigenvalue weighted by molar-refractivity contribution is 7.00. The van der Waals surface area contributed by atoms with Gasteiger partial charge < -0.3 is 14.7 Å². The van der Waals surface area contributed by atoms with Gasteiger partial charge in [0, 0.05) is 50.8 Å². The van der Waals surface area contributed by atoms with Crippen LogP contribution in [0.15, 0.2) is 170 Å². The Morgan fingerprint density at radius 2 is 0.909 bits per heavy atom. The summed E-state index contributed by atoms with van der Waals surface area (Å²) < 4.78 is 0. The number of rotatable bonds is 5. The molecule has 0 aromatic heterocycles. The van der Waals surface area contributed by atoms with E-state index in [0.29, 0.717) is 0 Å². The van der Waals surface area contributed by atoms with Crippen LogP contribution in [0.3, 0.4) is 0 Å². The smallest absolute Gasteiger partial charge is 0.252 e. The third kappa shape index (κ3) is 8.12. The molecule has 8 aromatic carbocycles. The van der Waals surface area contributed by atoms with Crippen LogP contribution in [-0.2, 0) is 27.1 Å². The Hall–Kier alpha value is -6.78. The summed E-state index contributed by atoms with van der Waals surface area (Å²) in [5.41, 5.74) is 25.5. The molecule has 3 nitrogen and oxygen atoms in total. The zero-order chi connectivity index (χ0) is 54.6. The molecule has 0 saturated heterocycles. The molecular formula is C73H80BN3. The fourth-order valence-electron chi connectivity index (χ4n) is 14.4. The molecule has 0 bridgehead atoms. The molecule has 1 fully saturated rings.